The van der Waals surface area contributed by atoms with Crippen LogP contribution in [0.3, 0.4) is 0 Å². The van der Waals surface area contributed by atoms with E-state index >= 15 is 0 Å². The second-order valence-corrected chi connectivity index (χ2v) is 42.2. The van der Waals surface area contributed by atoms with Gasteiger partial charge in [0.2, 0.25) is 38.3 Å². The quantitative estimate of drug-likeness (QED) is 0.179. The van der Waals surface area contributed by atoms with Crippen molar-refractivity contribution in [2.24, 2.45) is 0 Å². The van der Waals surface area contributed by atoms with Gasteiger partial charge in [-0.1, -0.05) is 59.3 Å². The van der Waals surface area contributed by atoms with Crippen molar-refractivity contribution in [1.29, 1.82) is 0 Å². The molecule has 2 heterocycles. The Morgan fingerprint density at radius 1 is 0.686 bits per heavy atom. The monoisotopic (exact) mass is 1380 g/mol. The Labute approximate surface area is 376 Å². The Kier molecular flexibility index (Phi) is 17.9. The van der Waals surface area contributed by atoms with Gasteiger partial charge in [0, 0.05) is 6.20 Å². The normalized spacial score (nSPS) is 13.1. The molecule has 282 valence electrons. The molecule has 0 amide bonds. The van der Waals surface area contributed by atoms with E-state index in [1.54, 1.807) is 19.1 Å². The minimum Gasteiger partial charge on any atom is -0.244 e. The standard InChI is InChI=1S/C14H10Br3ClO2S.C7H3Br3F3NO2S.C4H3Br3N2O2S2/c15-14(16,17)21(19,20)13-7-6-11(9-12(13)18)8-10-4-2-1-3-5-10;8-7(9,10)17(15,16)5-2-1-4(3-14-5)6(11,12)13;1-2-8-9-3(12-2)13(10,11)4(5,6)7/h1-7,9H,8H2;1-3H;1H3. The molecule has 0 bridgehead atoms. The van der Waals surface area contributed by atoms with Gasteiger partial charge in [0.25, 0.3) is 0 Å². The van der Waals surface area contributed by atoms with Crippen LogP contribution in [0, 0.1) is 6.92 Å². The lowest BCUT2D eigenvalue weighted by molar-refractivity contribution is -0.137. The summed E-state index contributed by atoms with van der Waals surface area (Å²) in [6.07, 6.45) is -3.39. The zero-order chi connectivity index (χ0) is 39.4. The van der Waals surface area contributed by atoms with E-state index in [2.05, 4.69) is 159 Å². The van der Waals surface area contributed by atoms with E-state index in [4.69, 9.17) is 11.6 Å². The third kappa shape index (κ3) is 13.5. The van der Waals surface area contributed by atoms with Crippen LogP contribution in [0.4, 0.5) is 13.2 Å². The Morgan fingerprint density at radius 3 is 1.61 bits per heavy atom. The van der Waals surface area contributed by atoms with E-state index < -0.39 is 50.7 Å². The fraction of sp³-hybridized carbons (Fsp3) is 0.240. The maximum atomic E-state index is 12.3. The molecule has 51 heavy (non-hydrogen) atoms. The summed E-state index contributed by atoms with van der Waals surface area (Å²) in [6.45, 7) is 1.69. The number of alkyl halides is 12. The van der Waals surface area contributed by atoms with Crippen LogP contribution in [0.5, 0.6) is 0 Å². The molecule has 0 spiro atoms. The number of pyridine rings is 1. The van der Waals surface area contributed by atoms with Gasteiger partial charge in [-0.15, -0.1) is 10.2 Å². The van der Waals surface area contributed by atoms with Crippen LogP contribution < -0.4 is 0 Å². The number of hydrogen-bond donors (Lipinski definition) is 0. The summed E-state index contributed by atoms with van der Waals surface area (Å²) < 4.78 is 104. The van der Waals surface area contributed by atoms with E-state index in [1.807, 2.05) is 30.3 Å². The molecule has 0 saturated carbocycles. The van der Waals surface area contributed by atoms with Gasteiger partial charge in [-0.05, 0) is 192 Å². The van der Waals surface area contributed by atoms with E-state index in [-0.39, 0.29) is 14.3 Å². The SMILES string of the molecule is Cc1nnc(S(=O)(=O)C(Br)(Br)Br)s1.O=S(=O)(c1ccc(C(F)(F)F)cn1)C(Br)(Br)Br.O=S(=O)(c1ccc(Cc2ccccc2)cc1Cl)C(Br)(Br)Br. The van der Waals surface area contributed by atoms with Crippen LogP contribution in [-0.4, -0.2) is 44.9 Å². The zero-order valence-electron chi connectivity index (χ0n) is 24.4. The molecule has 26 heteroatoms. The molecule has 0 saturated heterocycles. The second kappa shape index (κ2) is 18.8. The van der Waals surface area contributed by atoms with E-state index in [9.17, 15) is 38.4 Å². The van der Waals surface area contributed by atoms with Gasteiger partial charge in [0.15, 0.2) is 5.03 Å². The highest BCUT2D eigenvalue weighted by atomic mass is 80.0. The predicted octanol–water partition coefficient (Wildman–Crippen LogP) is 11.6. The summed E-state index contributed by atoms with van der Waals surface area (Å²) in [4.78, 5) is 3.35. The molecule has 2 aromatic carbocycles. The summed E-state index contributed by atoms with van der Waals surface area (Å²) >= 11 is 33.4. The van der Waals surface area contributed by atoms with Crippen molar-refractivity contribution < 1.29 is 38.4 Å². The van der Waals surface area contributed by atoms with E-state index in [0.717, 1.165) is 28.5 Å². The fourth-order valence-corrected chi connectivity index (χ4v) is 12.5. The smallest absolute Gasteiger partial charge is 0.244 e. The number of rotatable bonds is 5. The first-order valence-corrected chi connectivity index (χ1v) is 25.3. The van der Waals surface area contributed by atoms with Crippen LogP contribution in [0.1, 0.15) is 21.7 Å². The van der Waals surface area contributed by atoms with Crippen molar-refractivity contribution in [2.75, 3.05) is 0 Å². The van der Waals surface area contributed by atoms with Crippen LogP contribution in [-0.2, 0) is 42.1 Å². The van der Waals surface area contributed by atoms with E-state index in [0.29, 0.717) is 23.7 Å². The largest absolute Gasteiger partial charge is 0.417 e. The number of halogens is 13. The van der Waals surface area contributed by atoms with Crippen molar-refractivity contribution in [2.45, 2.75) is 38.2 Å². The number of sulfone groups is 3. The molecule has 0 unspecified atom stereocenters. The number of hydrogen-bond acceptors (Lipinski definition) is 10. The van der Waals surface area contributed by atoms with Crippen molar-refractivity contribution in [1.82, 2.24) is 15.2 Å². The fourth-order valence-electron chi connectivity index (χ4n) is 3.14. The molecule has 9 nitrogen and oxygen atoms in total. The summed E-state index contributed by atoms with van der Waals surface area (Å²) in [5.41, 5.74) is 1.08. The molecule has 0 aliphatic heterocycles. The van der Waals surface area contributed by atoms with Crippen LogP contribution in [0.15, 0.2) is 81.1 Å². The topological polar surface area (TPSA) is 141 Å². The molecule has 0 radical (unpaired) electrons. The lowest BCUT2D eigenvalue weighted by atomic mass is 10.1. The van der Waals surface area contributed by atoms with E-state index in [1.165, 1.54) is 6.07 Å². The number of aryl methyl sites for hydroxylation is 1. The van der Waals surface area contributed by atoms with Gasteiger partial charge in [-0.3, -0.25) is 0 Å². The van der Waals surface area contributed by atoms with Crippen molar-refractivity contribution in [3.63, 3.8) is 0 Å². The molecule has 0 aliphatic rings. The first-order valence-electron chi connectivity index (χ1n) is 12.5. The second-order valence-electron chi connectivity index (χ2n) is 9.24. The van der Waals surface area contributed by atoms with Crippen LogP contribution in [0.2, 0.25) is 5.02 Å². The Bertz CT molecular complexity index is 2150. The first-order chi connectivity index (χ1) is 22.9. The lowest BCUT2D eigenvalue weighted by Crippen LogP contribution is -2.19. The maximum Gasteiger partial charge on any atom is 0.417 e. The summed E-state index contributed by atoms with van der Waals surface area (Å²) in [7, 11) is -11.2. The van der Waals surface area contributed by atoms with Gasteiger partial charge in [-0.25, -0.2) is 30.2 Å². The number of nitrogens with zero attached hydrogens (tertiary/aromatic N) is 3. The molecular formula is C25H16Br9ClF3N3O6S4. The van der Waals surface area contributed by atoms with Gasteiger partial charge in [-0.2, -0.15) is 13.2 Å². The molecule has 0 fully saturated rings. The molecule has 4 aromatic rings. The molecular weight excluding hydrogens is 1380 g/mol. The average Bonchev–Trinajstić information content (AvgIpc) is 3.43. The maximum absolute atomic E-state index is 12.3. The van der Waals surface area contributed by atoms with Crippen molar-refractivity contribution in [3.05, 3.63) is 93.6 Å². The minimum absolute atomic E-state index is 0.0318. The molecule has 2 aromatic heterocycles. The van der Waals surface area contributed by atoms with Crippen LogP contribution in [0.25, 0.3) is 0 Å². The average molecular weight is 1390 g/mol. The van der Waals surface area contributed by atoms with Gasteiger partial charge < -0.3 is 0 Å². The summed E-state index contributed by atoms with van der Waals surface area (Å²) in [5.74, 6) is 0. The summed E-state index contributed by atoms with van der Waals surface area (Å²) in [6, 6.07) is 16.3. The van der Waals surface area contributed by atoms with Gasteiger partial charge >= 0.3 is 6.18 Å². The summed E-state index contributed by atoms with van der Waals surface area (Å²) in [5, 5.41) is 7.48. The molecule has 0 atom stereocenters. The molecule has 0 N–H and O–H groups in total. The lowest BCUT2D eigenvalue weighted by Gasteiger charge is -2.15. The van der Waals surface area contributed by atoms with Crippen molar-refractivity contribution >= 4 is 196 Å². The number of benzene rings is 2. The Balaban J connectivity index is 0.000000273. The first kappa shape index (κ1) is 48.5. The van der Waals surface area contributed by atoms with Crippen LogP contribution >= 0.6 is 166 Å². The van der Waals surface area contributed by atoms with Gasteiger partial charge in [0.1, 0.15) is 5.01 Å². The van der Waals surface area contributed by atoms with Crippen molar-refractivity contribution in [3.8, 4) is 0 Å². The molecule has 0 aliphatic carbocycles. The number of aromatic nitrogens is 3. The third-order valence-corrected chi connectivity index (χ3v) is 23.1. The van der Waals surface area contributed by atoms with Gasteiger partial charge in [0.05, 0.1) is 15.5 Å². The minimum atomic E-state index is -4.55. The Morgan fingerprint density at radius 2 is 1.22 bits per heavy atom. The molecule has 4 rings (SSSR count). The predicted molar refractivity (Wildman–Crippen MR) is 225 cm³/mol. The highest BCUT2D eigenvalue weighted by Gasteiger charge is 2.41. The zero-order valence-corrected chi connectivity index (χ0v) is 42.7. The highest BCUT2D eigenvalue weighted by Crippen LogP contribution is 2.46. The highest BCUT2D eigenvalue weighted by molar-refractivity contribution is 9.43. The Hall–Kier alpha value is 1.40. The third-order valence-electron chi connectivity index (χ3n) is 5.53.